The first-order valence-corrected chi connectivity index (χ1v) is 10.9. The molecule has 1 unspecified atom stereocenters. The summed E-state index contributed by atoms with van der Waals surface area (Å²) in [6.07, 6.45) is 7.47. The third-order valence-corrected chi connectivity index (χ3v) is 5.89. The molecular formula is C21H24N6OS. The molecule has 29 heavy (non-hydrogen) atoms. The summed E-state index contributed by atoms with van der Waals surface area (Å²) in [4.78, 5) is 20.3. The zero-order valence-corrected chi connectivity index (χ0v) is 17.4. The molecule has 7 nitrogen and oxygen atoms in total. The fraction of sp³-hybridized carbons (Fsp3) is 0.333. The van der Waals surface area contributed by atoms with Crippen LogP contribution in [0.5, 0.6) is 0 Å². The predicted octanol–water partition coefficient (Wildman–Crippen LogP) is 3.55. The quantitative estimate of drug-likeness (QED) is 0.651. The van der Waals surface area contributed by atoms with E-state index in [0.717, 1.165) is 47.4 Å². The Morgan fingerprint density at radius 1 is 1.21 bits per heavy atom. The zero-order chi connectivity index (χ0) is 20.2. The molecule has 1 fully saturated rings. The van der Waals surface area contributed by atoms with Crippen LogP contribution in [0.3, 0.4) is 0 Å². The summed E-state index contributed by atoms with van der Waals surface area (Å²) in [5, 5.41) is 11.8. The molecule has 1 aromatic carbocycles. The van der Waals surface area contributed by atoms with Gasteiger partial charge in [0.1, 0.15) is 5.82 Å². The van der Waals surface area contributed by atoms with E-state index in [-0.39, 0.29) is 11.8 Å². The molecule has 3 aromatic rings. The van der Waals surface area contributed by atoms with E-state index < -0.39 is 0 Å². The molecular weight excluding hydrogens is 384 g/mol. The van der Waals surface area contributed by atoms with Gasteiger partial charge in [0.05, 0.1) is 5.92 Å². The van der Waals surface area contributed by atoms with Crippen LogP contribution >= 0.6 is 11.8 Å². The normalized spacial score (nSPS) is 16.6. The maximum atomic E-state index is 12.8. The Hall–Kier alpha value is -2.87. The number of anilines is 2. The summed E-state index contributed by atoms with van der Waals surface area (Å²) in [5.41, 5.74) is 0.846. The maximum absolute atomic E-state index is 12.8. The standard InChI is InChI=1S/C21H24N6OS/c1-15-22-10-12-27(15)20-9-8-19(24-25-20)26-11-4-5-16(14-26)21(28)23-17-6-3-7-18(13-17)29-2/h3,6-10,12-13,16H,4-5,11,14H2,1-2H3,(H,23,28). The molecule has 1 N–H and O–H groups in total. The molecule has 0 bridgehead atoms. The Morgan fingerprint density at radius 3 is 2.76 bits per heavy atom. The van der Waals surface area contributed by atoms with Crippen LogP contribution in [0.2, 0.25) is 0 Å². The molecule has 0 saturated carbocycles. The predicted molar refractivity (Wildman–Crippen MR) is 116 cm³/mol. The van der Waals surface area contributed by atoms with Crippen molar-refractivity contribution in [1.82, 2.24) is 19.7 Å². The van der Waals surface area contributed by atoms with Gasteiger partial charge in [0.15, 0.2) is 11.6 Å². The number of piperidine rings is 1. The van der Waals surface area contributed by atoms with Crippen LogP contribution in [0.15, 0.2) is 53.7 Å². The number of rotatable bonds is 5. The van der Waals surface area contributed by atoms with Crippen LogP contribution in [-0.4, -0.2) is 45.0 Å². The summed E-state index contributed by atoms with van der Waals surface area (Å²) in [5.74, 6) is 2.40. The van der Waals surface area contributed by atoms with Crippen LogP contribution < -0.4 is 10.2 Å². The van der Waals surface area contributed by atoms with Crippen molar-refractivity contribution in [2.75, 3.05) is 29.6 Å². The average Bonchev–Trinajstić information content (AvgIpc) is 3.20. The number of hydrogen-bond donors (Lipinski definition) is 1. The minimum Gasteiger partial charge on any atom is -0.354 e. The summed E-state index contributed by atoms with van der Waals surface area (Å²) >= 11 is 1.66. The van der Waals surface area contributed by atoms with Crippen molar-refractivity contribution >= 4 is 29.2 Å². The van der Waals surface area contributed by atoms with Gasteiger partial charge < -0.3 is 10.2 Å². The molecule has 1 amide bonds. The van der Waals surface area contributed by atoms with Gasteiger partial charge in [-0.05, 0) is 56.4 Å². The van der Waals surface area contributed by atoms with Gasteiger partial charge in [-0.15, -0.1) is 22.0 Å². The Kier molecular flexibility index (Phi) is 5.80. The number of aromatic nitrogens is 4. The first-order chi connectivity index (χ1) is 14.1. The van der Waals surface area contributed by atoms with Crippen LogP contribution in [0.1, 0.15) is 18.7 Å². The Balaban J connectivity index is 1.42. The number of aryl methyl sites for hydroxylation is 1. The van der Waals surface area contributed by atoms with Crippen molar-refractivity contribution in [3.8, 4) is 5.82 Å². The number of thioether (sulfide) groups is 1. The molecule has 1 aliphatic heterocycles. The number of nitrogens with one attached hydrogen (secondary N) is 1. The molecule has 1 saturated heterocycles. The molecule has 2 aromatic heterocycles. The molecule has 0 spiro atoms. The Morgan fingerprint density at radius 2 is 2.03 bits per heavy atom. The van der Waals surface area contributed by atoms with Gasteiger partial charge >= 0.3 is 0 Å². The van der Waals surface area contributed by atoms with Crippen molar-refractivity contribution in [3.63, 3.8) is 0 Å². The highest BCUT2D eigenvalue weighted by Gasteiger charge is 2.27. The number of nitrogens with zero attached hydrogens (tertiary/aromatic N) is 5. The number of benzene rings is 1. The SMILES string of the molecule is CSc1cccc(NC(=O)C2CCCN(c3ccc(-n4ccnc4C)nn3)C2)c1. The van der Waals surface area contributed by atoms with Crippen molar-refractivity contribution in [1.29, 1.82) is 0 Å². The lowest BCUT2D eigenvalue weighted by molar-refractivity contribution is -0.120. The highest BCUT2D eigenvalue weighted by atomic mass is 32.2. The number of hydrogen-bond acceptors (Lipinski definition) is 6. The third-order valence-electron chi connectivity index (χ3n) is 5.16. The lowest BCUT2D eigenvalue weighted by atomic mass is 9.97. The van der Waals surface area contributed by atoms with E-state index in [9.17, 15) is 4.79 Å². The molecule has 1 atom stereocenters. The zero-order valence-electron chi connectivity index (χ0n) is 16.6. The van der Waals surface area contributed by atoms with E-state index in [1.165, 1.54) is 0 Å². The maximum Gasteiger partial charge on any atom is 0.229 e. The van der Waals surface area contributed by atoms with E-state index >= 15 is 0 Å². The van der Waals surface area contributed by atoms with E-state index in [1.54, 1.807) is 18.0 Å². The fourth-order valence-electron chi connectivity index (χ4n) is 3.58. The minimum absolute atomic E-state index is 0.0616. The largest absolute Gasteiger partial charge is 0.354 e. The lowest BCUT2D eigenvalue weighted by Crippen LogP contribution is -2.41. The minimum atomic E-state index is -0.0703. The van der Waals surface area contributed by atoms with E-state index in [1.807, 2.05) is 60.3 Å². The molecule has 4 rings (SSSR count). The van der Waals surface area contributed by atoms with Crippen molar-refractivity contribution in [2.24, 2.45) is 5.92 Å². The lowest BCUT2D eigenvalue weighted by Gasteiger charge is -2.32. The summed E-state index contributed by atoms with van der Waals surface area (Å²) in [6, 6.07) is 11.8. The van der Waals surface area contributed by atoms with Gasteiger partial charge in [0, 0.05) is 36.1 Å². The van der Waals surface area contributed by atoms with Gasteiger partial charge in [0.2, 0.25) is 5.91 Å². The van der Waals surface area contributed by atoms with E-state index in [0.29, 0.717) is 6.54 Å². The first-order valence-electron chi connectivity index (χ1n) is 9.68. The monoisotopic (exact) mass is 408 g/mol. The summed E-state index contributed by atoms with van der Waals surface area (Å²) in [6.45, 7) is 3.45. The summed E-state index contributed by atoms with van der Waals surface area (Å²) < 4.78 is 1.89. The van der Waals surface area contributed by atoms with Crippen molar-refractivity contribution < 1.29 is 4.79 Å². The number of imidazole rings is 1. The van der Waals surface area contributed by atoms with Crippen molar-refractivity contribution in [3.05, 3.63) is 54.6 Å². The average molecular weight is 409 g/mol. The van der Waals surface area contributed by atoms with Crippen LogP contribution in [0.25, 0.3) is 5.82 Å². The second kappa shape index (κ2) is 8.65. The van der Waals surface area contributed by atoms with E-state index in [2.05, 4.69) is 25.4 Å². The number of amides is 1. The Bertz CT molecular complexity index is 987. The van der Waals surface area contributed by atoms with Gasteiger partial charge in [-0.2, -0.15) is 0 Å². The first kappa shape index (κ1) is 19.4. The Labute approximate surface area is 174 Å². The topological polar surface area (TPSA) is 75.9 Å². The molecule has 0 radical (unpaired) electrons. The van der Waals surface area contributed by atoms with Crippen LogP contribution in [0, 0.1) is 12.8 Å². The third kappa shape index (κ3) is 4.42. The van der Waals surface area contributed by atoms with Gasteiger partial charge in [0.25, 0.3) is 0 Å². The number of carbonyl (C=O) groups excluding carboxylic acids is 1. The highest BCUT2D eigenvalue weighted by molar-refractivity contribution is 7.98. The number of carbonyl (C=O) groups is 1. The summed E-state index contributed by atoms with van der Waals surface area (Å²) in [7, 11) is 0. The second-order valence-electron chi connectivity index (χ2n) is 7.10. The van der Waals surface area contributed by atoms with Gasteiger partial charge in [-0.3, -0.25) is 9.36 Å². The molecule has 0 aliphatic carbocycles. The molecule has 150 valence electrons. The second-order valence-corrected chi connectivity index (χ2v) is 7.98. The molecule has 3 heterocycles. The van der Waals surface area contributed by atoms with Gasteiger partial charge in [-0.1, -0.05) is 6.07 Å². The fourth-order valence-corrected chi connectivity index (χ4v) is 4.04. The molecule has 1 aliphatic rings. The van der Waals surface area contributed by atoms with E-state index in [4.69, 9.17) is 0 Å². The van der Waals surface area contributed by atoms with Crippen molar-refractivity contribution in [2.45, 2.75) is 24.7 Å². The van der Waals surface area contributed by atoms with Crippen LogP contribution in [0.4, 0.5) is 11.5 Å². The van der Waals surface area contributed by atoms with Crippen LogP contribution in [-0.2, 0) is 4.79 Å². The smallest absolute Gasteiger partial charge is 0.229 e. The van der Waals surface area contributed by atoms with Gasteiger partial charge in [-0.25, -0.2) is 4.98 Å². The highest BCUT2D eigenvalue weighted by Crippen LogP contribution is 2.24. The molecule has 8 heteroatoms.